The summed E-state index contributed by atoms with van der Waals surface area (Å²) < 4.78 is 0. The Morgan fingerprint density at radius 1 is 1.31 bits per heavy atom. The summed E-state index contributed by atoms with van der Waals surface area (Å²) in [6.07, 6.45) is 3.42. The molecule has 0 amide bonds. The third kappa shape index (κ3) is 2.09. The number of carbonyl (C=O) groups is 2. The molecule has 5 heteroatoms. The molecule has 2 aliphatic heterocycles. The zero-order valence-electron chi connectivity index (χ0n) is 9.19. The average molecular weight is 236 g/mol. The van der Waals surface area contributed by atoms with Gasteiger partial charge in [-0.1, -0.05) is 11.8 Å². The summed E-state index contributed by atoms with van der Waals surface area (Å²) in [6, 6.07) is 0. The Bertz CT molecular complexity index is 449. The number of ketones is 2. The normalized spacial score (nSPS) is 19.4. The fourth-order valence-corrected chi connectivity index (χ4v) is 2.46. The van der Waals surface area contributed by atoms with Crippen LogP contribution in [0.3, 0.4) is 0 Å². The number of hydrogen-bond acceptors (Lipinski definition) is 5. The molecule has 0 aromatic heterocycles. The first-order valence-corrected chi connectivity index (χ1v) is 5.95. The van der Waals surface area contributed by atoms with Crippen LogP contribution in [0.15, 0.2) is 28.5 Å². The summed E-state index contributed by atoms with van der Waals surface area (Å²) in [5.74, 6) is 0.759. The predicted molar refractivity (Wildman–Crippen MR) is 64.1 cm³/mol. The van der Waals surface area contributed by atoms with Crippen molar-refractivity contribution in [3.05, 3.63) is 23.5 Å². The highest BCUT2D eigenvalue weighted by Crippen LogP contribution is 2.25. The molecular weight excluding hydrogens is 224 g/mol. The van der Waals surface area contributed by atoms with E-state index in [4.69, 9.17) is 0 Å². The standard InChI is InChI=1S/C11H12N2O2S/c1-7(14)9-3-12-11-13(4-9)5-10(6-16-11)8(2)15/h3,5H,4,6H2,1-2H3. The van der Waals surface area contributed by atoms with Crippen LogP contribution in [0, 0.1) is 0 Å². The first kappa shape index (κ1) is 11.1. The average Bonchev–Trinajstić information content (AvgIpc) is 2.27. The van der Waals surface area contributed by atoms with Gasteiger partial charge in [-0.2, -0.15) is 0 Å². The van der Waals surface area contributed by atoms with Crippen LogP contribution in [-0.2, 0) is 9.59 Å². The second kappa shape index (κ2) is 4.25. The van der Waals surface area contributed by atoms with Gasteiger partial charge in [-0.15, -0.1) is 0 Å². The highest BCUT2D eigenvalue weighted by Gasteiger charge is 2.23. The number of nitrogens with zero attached hydrogens (tertiary/aromatic N) is 2. The van der Waals surface area contributed by atoms with E-state index in [0.717, 1.165) is 10.7 Å². The van der Waals surface area contributed by atoms with Gasteiger partial charge in [0.25, 0.3) is 0 Å². The molecule has 2 rings (SSSR count). The first-order valence-electron chi connectivity index (χ1n) is 4.97. The maximum atomic E-state index is 11.3. The van der Waals surface area contributed by atoms with E-state index in [0.29, 0.717) is 17.9 Å². The van der Waals surface area contributed by atoms with Crippen LogP contribution >= 0.6 is 11.8 Å². The highest BCUT2D eigenvalue weighted by atomic mass is 32.2. The van der Waals surface area contributed by atoms with E-state index in [1.165, 1.54) is 18.7 Å². The van der Waals surface area contributed by atoms with E-state index >= 15 is 0 Å². The minimum absolute atomic E-state index is 0.0242. The lowest BCUT2D eigenvalue weighted by Crippen LogP contribution is -2.33. The first-order chi connectivity index (χ1) is 7.58. The SMILES string of the molecule is CC(=O)C1=CN2CC(C(C)=O)=CN=C2SC1. The molecule has 0 saturated heterocycles. The van der Waals surface area contributed by atoms with Gasteiger partial charge in [0.1, 0.15) is 0 Å². The molecule has 0 atom stereocenters. The molecule has 84 valence electrons. The topological polar surface area (TPSA) is 49.7 Å². The number of Topliss-reactive ketones (excluding diaryl/α,β-unsaturated/α-hetero) is 2. The number of thioether (sulfide) groups is 1. The molecule has 0 spiro atoms. The van der Waals surface area contributed by atoms with Crippen LogP contribution in [-0.4, -0.2) is 33.9 Å². The van der Waals surface area contributed by atoms with Crippen molar-refractivity contribution in [1.29, 1.82) is 0 Å². The largest absolute Gasteiger partial charge is 0.323 e. The van der Waals surface area contributed by atoms with E-state index in [1.54, 1.807) is 19.3 Å². The maximum absolute atomic E-state index is 11.3. The van der Waals surface area contributed by atoms with Crippen molar-refractivity contribution in [1.82, 2.24) is 4.90 Å². The summed E-state index contributed by atoms with van der Waals surface area (Å²) in [5, 5.41) is 0.856. The molecule has 2 aliphatic rings. The van der Waals surface area contributed by atoms with Crippen LogP contribution in [0.25, 0.3) is 0 Å². The van der Waals surface area contributed by atoms with Crippen LogP contribution in [0.5, 0.6) is 0 Å². The van der Waals surface area contributed by atoms with Crippen molar-refractivity contribution in [2.24, 2.45) is 4.99 Å². The molecule has 16 heavy (non-hydrogen) atoms. The lowest BCUT2D eigenvalue weighted by atomic mass is 10.1. The molecule has 0 bridgehead atoms. The van der Waals surface area contributed by atoms with Crippen molar-refractivity contribution < 1.29 is 9.59 Å². The summed E-state index contributed by atoms with van der Waals surface area (Å²) in [5.41, 5.74) is 1.44. The van der Waals surface area contributed by atoms with Gasteiger partial charge < -0.3 is 4.90 Å². The van der Waals surface area contributed by atoms with Crippen molar-refractivity contribution in [2.75, 3.05) is 12.3 Å². The quantitative estimate of drug-likeness (QED) is 0.726. The molecule has 0 fully saturated rings. The lowest BCUT2D eigenvalue weighted by Gasteiger charge is -2.29. The lowest BCUT2D eigenvalue weighted by molar-refractivity contribution is -0.114. The molecule has 0 aliphatic carbocycles. The maximum Gasteiger partial charge on any atom is 0.168 e. The molecule has 0 unspecified atom stereocenters. The van der Waals surface area contributed by atoms with E-state index < -0.39 is 0 Å². The van der Waals surface area contributed by atoms with Gasteiger partial charge in [0.2, 0.25) is 0 Å². The Hall–Kier alpha value is -1.36. The predicted octanol–water partition coefficient (Wildman–Crippen LogP) is 1.35. The Morgan fingerprint density at radius 3 is 2.62 bits per heavy atom. The number of fused-ring (bicyclic) bond motifs is 1. The van der Waals surface area contributed by atoms with Crippen molar-refractivity contribution in [3.8, 4) is 0 Å². The fraction of sp³-hybridized carbons (Fsp3) is 0.364. The molecule has 0 aromatic rings. The number of rotatable bonds is 2. The van der Waals surface area contributed by atoms with Gasteiger partial charge in [0.05, 0.1) is 6.54 Å². The highest BCUT2D eigenvalue weighted by molar-refractivity contribution is 8.14. The smallest absolute Gasteiger partial charge is 0.168 e. The van der Waals surface area contributed by atoms with E-state index in [2.05, 4.69) is 4.99 Å². The number of hydrogen-bond donors (Lipinski definition) is 0. The van der Waals surface area contributed by atoms with E-state index in [9.17, 15) is 9.59 Å². The molecule has 0 N–H and O–H groups in total. The molecule has 0 saturated carbocycles. The monoisotopic (exact) mass is 236 g/mol. The number of amidine groups is 1. The van der Waals surface area contributed by atoms with Crippen LogP contribution < -0.4 is 0 Å². The summed E-state index contributed by atoms with van der Waals surface area (Å²) in [4.78, 5) is 28.6. The number of aliphatic imine (C=N–C) groups is 1. The molecule has 0 aromatic carbocycles. The molecule has 2 heterocycles. The second-order valence-corrected chi connectivity index (χ2v) is 4.69. The van der Waals surface area contributed by atoms with Gasteiger partial charge in [-0.25, -0.2) is 4.99 Å². The molecule has 0 radical (unpaired) electrons. The van der Waals surface area contributed by atoms with Gasteiger partial charge in [0, 0.05) is 29.3 Å². The zero-order chi connectivity index (χ0) is 11.7. The van der Waals surface area contributed by atoms with Gasteiger partial charge in [-0.05, 0) is 13.8 Å². The molecular formula is C11H12N2O2S. The summed E-state index contributed by atoms with van der Waals surface area (Å²) in [6.45, 7) is 3.59. The van der Waals surface area contributed by atoms with Gasteiger partial charge in [-0.3, -0.25) is 9.59 Å². The minimum atomic E-state index is 0.0242. The summed E-state index contributed by atoms with van der Waals surface area (Å²) in [7, 11) is 0. The van der Waals surface area contributed by atoms with Crippen LogP contribution in [0.1, 0.15) is 13.8 Å². The van der Waals surface area contributed by atoms with E-state index in [1.807, 2.05) is 4.90 Å². The van der Waals surface area contributed by atoms with Crippen LogP contribution in [0.4, 0.5) is 0 Å². The minimum Gasteiger partial charge on any atom is -0.323 e. The van der Waals surface area contributed by atoms with E-state index in [-0.39, 0.29) is 11.6 Å². The zero-order valence-corrected chi connectivity index (χ0v) is 10.0. The van der Waals surface area contributed by atoms with Crippen molar-refractivity contribution in [3.63, 3.8) is 0 Å². The Balaban J connectivity index is 2.26. The van der Waals surface area contributed by atoms with Crippen LogP contribution in [0.2, 0.25) is 0 Å². The van der Waals surface area contributed by atoms with Crippen molar-refractivity contribution >= 4 is 28.5 Å². The Morgan fingerprint density at radius 2 is 2.00 bits per heavy atom. The summed E-state index contributed by atoms with van der Waals surface area (Å²) >= 11 is 1.53. The molecule has 4 nitrogen and oxygen atoms in total. The fourth-order valence-electron chi connectivity index (χ4n) is 1.48. The number of carbonyl (C=O) groups excluding carboxylic acids is 2. The van der Waals surface area contributed by atoms with Crippen molar-refractivity contribution in [2.45, 2.75) is 13.8 Å². The van der Waals surface area contributed by atoms with Gasteiger partial charge in [0.15, 0.2) is 16.7 Å². The van der Waals surface area contributed by atoms with Gasteiger partial charge >= 0.3 is 0 Å². The third-order valence-electron chi connectivity index (χ3n) is 2.49. The Kier molecular flexibility index (Phi) is 2.96. The Labute approximate surface area is 98.1 Å². The second-order valence-electron chi connectivity index (χ2n) is 3.75. The third-order valence-corrected chi connectivity index (χ3v) is 3.54.